The van der Waals surface area contributed by atoms with Gasteiger partial charge in [0.1, 0.15) is 0 Å². The smallest absolute Gasteiger partial charge is 0.307 e. The third-order valence-electron chi connectivity index (χ3n) is 1.26. The van der Waals surface area contributed by atoms with Gasteiger partial charge >= 0.3 is 5.97 Å². The van der Waals surface area contributed by atoms with E-state index in [2.05, 4.69) is 0 Å². The fourth-order valence-electron chi connectivity index (χ4n) is 0.485. The molecule has 11 heavy (non-hydrogen) atoms. The van der Waals surface area contributed by atoms with Gasteiger partial charge in [-0.1, -0.05) is 6.92 Å². The van der Waals surface area contributed by atoms with E-state index < -0.39 is 0 Å². The van der Waals surface area contributed by atoms with E-state index >= 15 is 0 Å². The number of hydrogen-bond acceptors (Lipinski definition) is 3. The van der Waals surface area contributed by atoms with Crippen LogP contribution in [0.2, 0.25) is 0 Å². The quantitative estimate of drug-likeness (QED) is 0.661. The molecular formula is C7H16ClNO2. The SMILES string of the molecule is CCC(C)OC(=O)CCN.Cl. The largest absolute Gasteiger partial charge is 0.463 e. The van der Waals surface area contributed by atoms with E-state index in [4.69, 9.17) is 10.5 Å². The van der Waals surface area contributed by atoms with Crippen LogP contribution in [0.5, 0.6) is 0 Å². The van der Waals surface area contributed by atoms with Crippen molar-refractivity contribution in [2.75, 3.05) is 6.54 Å². The summed E-state index contributed by atoms with van der Waals surface area (Å²) in [6, 6.07) is 0. The van der Waals surface area contributed by atoms with Crippen molar-refractivity contribution in [3.8, 4) is 0 Å². The predicted molar refractivity (Wildman–Crippen MR) is 46.8 cm³/mol. The lowest BCUT2D eigenvalue weighted by Gasteiger charge is -2.09. The minimum absolute atomic E-state index is 0. The number of ether oxygens (including phenoxy) is 1. The molecule has 0 saturated carbocycles. The maximum Gasteiger partial charge on any atom is 0.307 e. The van der Waals surface area contributed by atoms with Crippen molar-refractivity contribution in [2.24, 2.45) is 5.73 Å². The Morgan fingerprint density at radius 2 is 2.18 bits per heavy atom. The monoisotopic (exact) mass is 181 g/mol. The van der Waals surface area contributed by atoms with Crippen LogP contribution in [0, 0.1) is 0 Å². The second-order valence-electron chi connectivity index (χ2n) is 2.25. The Balaban J connectivity index is 0. The molecule has 0 aromatic heterocycles. The molecule has 0 fully saturated rings. The minimum Gasteiger partial charge on any atom is -0.463 e. The molecule has 0 aliphatic heterocycles. The van der Waals surface area contributed by atoms with Crippen LogP contribution in [0.1, 0.15) is 26.7 Å². The Bertz CT molecular complexity index is 109. The molecule has 0 bridgehead atoms. The lowest BCUT2D eigenvalue weighted by atomic mass is 10.3. The summed E-state index contributed by atoms with van der Waals surface area (Å²) in [7, 11) is 0. The van der Waals surface area contributed by atoms with E-state index in [9.17, 15) is 4.79 Å². The molecule has 2 N–H and O–H groups in total. The minimum atomic E-state index is -0.197. The van der Waals surface area contributed by atoms with Crippen LogP contribution in [0.25, 0.3) is 0 Å². The Labute approximate surface area is 73.7 Å². The van der Waals surface area contributed by atoms with Gasteiger partial charge in [0.05, 0.1) is 12.5 Å². The molecule has 0 radical (unpaired) electrons. The van der Waals surface area contributed by atoms with Gasteiger partial charge in [-0.15, -0.1) is 12.4 Å². The van der Waals surface area contributed by atoms with Gasteiger partial charge in [0.2, 0.25) is 0 Å². The number of hydrogen-bond donors (Lipinski definition) is 1. The fourth-order valence-corrected chi connectivity index (χ4v) is 0.485. The van der Waals surface area contributed by atoms with Gasteiger partial charge in [-0.2, -0.15) is 0 Å². The number of carbonyl (C=O) groups excluding carboxylic acids is 1. The Morgan fingerprint density at radius 3 is 2.55 bits per heavy atom. The second-order valence-corrected chi connectivity index (χ2v) is 2.25. The van der Waals surface area contributed by atoms with Gasteiger partial charge in [0, 0.05) is 6.54 Å². The molecule has 0 heterocycles. The maximum atomic E-state index is 10.7. The molecule has 1 atom stereocenters. The molecule has 1 unspecified atom stereocenters. The normalized spacial score (nSPS) is 11.5. The molecule has 0 aromatic rings. The van der Waals surface area contributed by atoms with Gasteiger partial charge in [-0.3, -0.25) is 4.79 Å². The highest BCUT2D eigenvalue weighted by Gasteiger charge is 2.04. The van der Waals surface area contributed by atoms with Crippen LogP contribution in [-0.4, -0.2) is 18.6 Å². The van der Waals surface area contributed by atoms with Gasteiger partial charge in [0.15, 0.2) is 0 Å². The van der Waals surface area contributed by atoms with E-state index in [0.29, 0.717) is 13.0 Å². The van der Waals surface area contributed by atoms with Crippen LogP contribution in [0.4, 0.5) is 0 Å². The van der Waals surface area contributed by atoms with Crippen molar-refractivity contribution in [1.82, 2.24) is 0 Å². The number of halogens is 1. The average Bonchev–Trinajstić information content (AvgIpc) is 1.88. The summed E-state index contributed by atoms with van der Waals surface area (Å²) < 4.78 is 4.92. The van der Waals surface area contributed by atoms with Crippen molar-refractivity contribution in [1.29, 1.82) is 0 Å². The van der Waals surface area contributed by atoms with Crippen molar-refractivity contribution in [2.45, 2.75) is 32.8 Å². The van der Waals surface area contributed by atoms with Gasteiger partial charge in [-0.05, 0) is 13.3 Å². The zero-order chi connectivity index (χ0) is 7.98. The van der Waals surface area contributed by atoms with Crippen LogP contribution in [-0.2, 0) is 9.53 Å². The first-order chi connectivity index (χ1) is 4.70. The zero-order valence-corrected chi connectivity index (χ0v) is 7.82. The molecule has 68 valence electrons. The molecule has 0 aliphatic carbocycles. The second kappa shape index (κ2) is 7.82. The van der Waals surface area contributed by atoms with Crippen molar-refractivity contribution >= 4 is 18.4 Å². The number of rotatable bonds is 4. The highest BCUT2D eigenvalue weighted by Crippen LogP contribution is 1.97. The zero-order valence-electron chi connectivity index (χ0n) is 7.00. The van der Waals surface area contributed by atoms with E-state index in [1.807, 2.05) is 13.8 Å². The van der Waals surface area contributed by atoms with Gasteiger partial charge in [-0.25, -0.2) is 0 Å². The summed E-state index contributed by atoms with van der Waals surface area (Å²) in [5.41, 5.74) is 5.15. The lowest BCUT2D eigenvalue weighted by Crippen LogP contribution is -2.16. The molecule has 0 aliphatic rings. The summed E-state index contributed by atoms with van der Waals surface area (Å²) in [6.45, 7) is 4.21. The molecule has 4 heteroatoms. The molecular weight excluding hydrogens is 166 g/mol. The third kappa shape index (κ3) is 7.62. The molecule has 0 amide bonds. The van der Waals surface area contributed by atoms with Gasteiger partial charge < -0.3 is 10.5 Å². The Morgan fingerprint density at radius 1 is 1.64 bits per heavy atom. The van der Waals surface area contributed by atoms with Crippen LogP contribution in [0.3, 0.4) is 0 Å². The summed E-state index contributed by atoms with van der Waals surface area (Å²) in [6.07, 6.45) is 1.21. The fraction of sp³-hybridized carbons (Fsp3) is 0.857. The standard InChI is InChI=1S/C7H15NO2.ClH/c1-3-6(2)10-7(9)4-5-8;/h6H,3-5,8H2,1-2H3;1H. The van der Waals surface area contributed by atoms with Crippen LogP contribution < -0.4 is 5.73 Å². The van der Waals surface area contributed by atoms with Crippen molar-refractivity contribution in [3.63, 3.8) is 0 Å². The summed E-state index contributed by atoms with van der Waals surface area (Å²) in [5.74, 6) is -0.197. The molecule has 0 saturated heterocycles. The molecule has 0 rings (SSSR count). The summed E-state index contributed by atoms with van der Waals surface area (Å²) >= 11 is 0. The first-order valence-electron chi connectivity index (χ1n) is 3.60. The third-order valence-corrected chi connectivity index (χ3v) is 1.26. The maximum absolute atomic E-state index is 10.7. The van der Waals surface area contributed by atoms with Crippen molar-refractivity contribution < 1.29 is 9.53 Å². The molecule has 0 aromatic carbocycles. The number of carbonyl (C=O) groups is 1. The first kappa shape index (κ1) is 13.3. The van der Waals surface area contributed by atoms with Crippen LogP contribution in [0.15, 0.2) is 0 Å². The van der Waals surface area contributed by atoms with Gasteiger partial charge in [0.25, 0.3) is 0 Å². The van der Waals surface area contributed by atoms with E-state index in [1.165, 1.54) is 0 Å². The van der Waals surface area contributed by atoms with E-state index in [-0.39, 0.29) is 24.5 Å². The topological polar surface area (TPSA) is 52.3 Å². The van der Waals surface area contributed by atoms with Crippen LogP contribution >= 0.6 is 12.4 Å². The first-order valence-corrected chi connectivity index (χ1v) is 3.60. The molecule has 3 nitrogen and oxygen atoms in total. The van der Waals surface area contributed by atoms with Crippen molar-refractivity contribution in [3.05, 3.63) is 0 Å². The number of nitrogens with two attached hydrogens (primary N) is 1. The molecule has 0 spiro atoms. The summed E-state index contributed by atoms with van der Waals surface area (Å²) in [5, 5.41) is 0. The lowest BCUT2D eigenvalue weighted by molar-refractivity contribution is -0.148. The van der Waals surface area contributed by atoms with E-state index in [0.717, 1.165) is 6.42 Å². The van der Waals surface area contributed by atoms with E-state index in [1.54, 1.807) is 0 Å². The predicted octanol–water partition coefficient (Wildman–Crippen LogP) is 1.10. The Kier molecular flexibility index (Phi) is 9.47. The highest BCUT2D eigenvalue weighted by atomic mass is 35.5. The Hall–Kier alpha value is -0.280. The summed E-state index contributed by atoms with van der Waals surface area (Å²) in [4.78, 5) is 10.7. The average molecular weight is 182 g/mol. The highest BCUT2D eigenvalue weighted by molar-refractivity contribution is 5.85. The number of esters is 1.